The van der Waals surface area contributed by atoms with Crippen molar-refractivity contribution in [1.82, 2.24) is 4.90 Å². The number of ether oxygens (including phenoxy) is 2. The van der Waals surface area contributed by atoms with Crippen LogP contribution < -0.4 is 0 Å². The van der Waals surface area contributed by atoms with Gasteiger partial charge in [0, 0.05) is 19.0 Å². The summed E-state index contributed by atoms with van der Waals surface area (Å²) in [7, 11) is 0. The fourth-order valence-corrected chi connectivity index (χ4v) is 3.56. The Labute approximate surface area is 158 Å². The van der Waals surface area contributed by atoms with E-state index >= 15 is 0 Å². The van der Waals surface area contributed by atoms with Gasteiger partial charge in [-0.3, -0.25) is 9.59 Å². The quantitative estimate of drug-likeness (QED) is 0.741. The van der Waals surface area contributed by atoms with Gasteiger partial charge < -0.3 is 14.4 Å². The maximum atomic E-state index is 12.8. The average molecular weight is 363 g/mol. The fourth-order valence-electron chi connectivity index (χ4n) is 3.56. The molecule has 2 aromatic carbocycles. The van der Waals surface area contributed by atoms with E-state index in [0.717, 1.165) is 11.1 Å². The zero-order valence-corrected chi connectivity index (χ0v) is 14.9. The van der Waals surface area contributed by atoms with Gasteiger partial charge in [-0.2, -0.15) is 0 Å². The molecule has 0 N–H and O–H groups in total. The molecule has 2 heterocycles. The zero-order chi connectivity index (χ0) is 18.6. The van der Waals surface area contributed by atoms with Crippen molar-refractivity contribution in [3.05, 3.63) is 84.1 Å². The van der Waals surface area contributed by atoms with E-state index in [2.05, 4.69) is 0 Å². The van der Waals surface area contributed by atoms with Gasteiger partial charge in [0.25, 0.3) is 5.91 Å². The van der Waals surface area contributed by atoms with E-state index in [1.54, 1.807) is 4.90 Å². The topological polar surface area (TPSA) is 55.8 Å². The van der Waals surface area contributed by atoms with Crippen LogP contribution in [0.15, 0.2) is 73.0 Å². The summed E-state index contributed by atoms with van der Waals surface area (Å²) in [6, 6.07) is 19.3. The Bertz CT molecular complexity index is 834. The van der Waals surface area contributed by atoms with Crippen LogP contribution in [-0.4, -0.2) is 34.8 Å². The van der Waals surface area contributed by atoms with Crippen LogP contribution in [0.1, 0.15) is 17.5 Å². The number of carbonyl (C=O) groups is 2. The lowest BCUT2D eigenvalue weighted by atomic mass is 9.88. The smallest absolute Gasteiger partial charge is 0.254 e. The normalized spacial score (nSPS) is 24.4. The van der Waals surface area contributed by atoms with Crippen molar-refractivity contribution in [3.63, 3.8) is 0 Å². The van der Waals surface area contributed by atoms with E-state index in [9.17, 15) is 9.59 Å². The molecule has 5 heteroatoms. The van der Waals surface area contributed by atoms with Gasteiger partial charge in [-0.05, 0) is 11.1 Å². The van der Waals surface area contributed by atoms with E-state index in [4.69, 9.17) is 9.47 Å². The maximum absolute atomic E-state index is 12.8. The molecule has 27 heavy (non-hydrogen) atoms. The minimum absolute atomic E-state index is 0.00655. The Morgan fingerprint density at radius 3 is 2.30 bits per heavy atom. The molecule has 0 spiro atoms. The molecule has 1 amide bonds. The molecule has 0 unspecified atom stereocenters. The van der Waals surface area contributed by atoms with Crippen LogP contribution in [0.2, 0.25) is 0 Å². The first-order valence-electron chi connectivity index (χ1n) is 9.07. The van der Waals surface area contributed by atoms with E-state index in [1.165, 1.54) is 12.3 Å². The van der Waals surface area contributed by atoms with Gasteiger partial charge >= 0.3 is 0 Å². The number of allylic oxidation sites excluding steroid dienone is 1. The Balaban J connectivity index is 1.50. The molecule has 0 radical (unpaired) electrons. The van der Waals surface area contributed by atoms with E-state index in [0.29, 0.717) is 13.2 Å². The summed E-state index contributed by atoms with van der Waals surface area (Å²) >= 11 is 0. The molecule has 0 saturated carbocycles. The van der Waals surface area contributed by atoms with Crippen molar-refractivity contribution in [3.8, 4) is 0 Å². The van der Waals surface area contributed by atoms with Gasteiger partial charge in [-0.15, -0.1) is 0 Å². The van der Waals surface area contributed by atoms with E-state index in [-0.39, 0.29) is 30.3 Å². The standard InChI is InChI=1S/C22H21NO4/c24-18-11-12-26-19(13-18)20-21(27-15-17-9-5-2-6-10-17)22(25)23(20)14-16-7-3-1-4-8-16/h1-12,19-21H,13-15H2/t19-,20-,21+/m0/s1. The predicted molar refractivity (Wildman–Crippen MR) is 99.4 cm³/mol. The van der Waals surface area contributed by atoms with E-state index < -0.39 is 6.10 Å². The molecule has 4 rings (SSSR count). The Morgan fingerprint density at radius 2 is 1.63 bits per heavy atom. The van der Waals surface area contributed by atoms with Crippen molar-refractivity contribution >= 4 is 11.7 Å². The lowest BCUT2D eigenvalue weighted by Gasteiger charge is -2.49. The largest absolute Gasteiger partial charge is 0.495 e. The second-order valence-corrected chi connectivity index (χ2v) is 6.81. The number of β-lactam (4-membered cyclic amide) rings is 1. The van der Waals surface area contributed by atoms with Crippen LogP contribution in [0.25, 0.3) is 0 Å². The van der Waals surface area contributed by atoms with Gasteiger partial charge in [0.2, 0.25) is 0 Å². The highest BCUT2D eigenvalue weighted by molar-refractivity contribution is 5.92. The van der Waals surface area contributed by atoms with E-state index in [1.807, 2.05) is 60.7 Å². The fraction of sp³-hybridized carbons (Fsp3) is 0.273. The first-order valence-corrected chi connectivity index (χ1v) is 9.07. The third kappa shape index (κ3) is 3.78. The lowest BCUT2D eigenvalue weighted by molar-refractivity contribution is -0.190. The SMILES string of the molecule is O=C1C=CO[C@H]([C@H]2[C@@H](OCc3ccccc3)C(=O)N2Cc2ccccc2)C1. The molecule has 1 fully saturated rings. The molecule has 2 aliphatic heterocycles. The van der Waals surface area contributed by atoms with Crippen LogP contribution in [0, 0.1) is 0 Å². The molecule has 5 nitrogen and oxygen atoms in total. The van der Waals surface area contributed by atoms with Gasteiger partial charge in [-0.1, -0.05) is 60.7 Å². The average Bonchev–Trinajstić information content (AvgIpc) is 2.71. The number of ketones is 1. The second kappa shape index (κ2) is 7.76. The number of likely N-dealkylation sites (tertiary alicyclic amines) is 1. The summed E-state index contributed by atoms with van der Waals surface area (Å²) in [6.07, 6.45) is 2.13. The number of hydrogen-bond donors (Lipinski definition) is 0. The summed E-state index contributed by atoms with van der Waals surface area (Å²) in [5.41, 5.74) is 2.04. The van der Waals surface area contributed by atoms with Gasteiger partial charge in [0.15, 0.2) is 11.9 Å². The summed E-state index contributed by atoms with van der Waals surface area (Å²) in [5, 5.41) is 0. The number of nitrogens with zero attached hydrogens (tertiary/aromatic N) is 1. The summed E-state index contributed by atoms with van der Waals surface area (Å²) in [6.45, 7) is 0.830. The number of rotatable bonds is 6. The molecule has 0 bridgehead atoms. The summed E-state index contributed by atoms with van der Waals surface area (Å²) in [4.78, 5) is 26.4. The number of amides is 1. The molecule has 0 aliphatic carbocycles. The molecule has 2 aliphatic rings. The minimum Gasteiger partial charge on any atom is -0.495 e. The van der Waals surface area contributed by atoms with Crippen molar-refractivity contribution in [2.45, 2.75) is 37.8 Å². The van der Waals surface area contributed by atoms with Gasteiger partial charge in [-0.25, -0.2) is 0 Å². The molecule has 2 aromatic rings. The maximum Gasteiger partial charge on any atom is 0.254 e. The van der Waals surface area contributed by atoms with Crippen molar-refractivity contribution in [2.75, 3.05) is 0 Å². The first-order chi connectivity index (χ1) is 13.2. The van der Waals surface area contributed by atoms with Crippen LogP contribution in [0.3, 0.4) is 0 Å². The molecule has 138 valence electrons. The highest BCUT2D eigenvalue weighted by Crippen LogP contribution is 2.32. The number of hydrogen-bond acceptors (Lipinski definition) is 4. The molecule has 0 aromatic heterocycles. The summed E-state index contributed by atoms with van der Waals surface area (Å²) in [5.74, 6) is -0.0579. The van der Waals surface area contributed by atoms with Crippen LogP contribution in [0.4, 0.5) is 0 Å². The van der Waals surface area contributed by atoms with Gasteiger partial charge in [0.1, 0.15) is 12.1 Å². The summed E-state index contributed by atoms with van der Waals surface area (Å²) < 4.78 is 11.6. The van der Waals surface area contributed by atoms with Crippen molar-refractivity contribution in [2.24, 2.45) is 0 Å². The monoisotopic (exact) mass is 363 g/mol. The van der Waals surface area contributed by atoms with Crippen LogP contribution in [-0.2, 0) is 32.2 Å². The second-order valence-electron chi connectivity index (χ2n) is 6.81. The highest BCUT2D eigenvalue weighted by Gasteiger charge is 2.53. The van der Waals surface area contributed by atoms with Crippen LogP contribution >= 0.6 is 0 Å². The molecular formula is C22H21NO4. The Hall–Kier alpha value is -2.92. The van der Waals surface area contributed by atoms with Crippen molar-refractivity contribution < 1.29 is 19.1 Å². The molecule has 3 atom stereocenters. The Kier molecular flexibility index (Phi) is 5.03. The first kappa shape index (κ1) is 17.5. The Morgan fingerprint density at radius 1 is 0.963 bits per heavy atom. The third-order valence-electron chi connectivity index (χ3n) is 4.96. The van der Waals surface area contributed by atoms with Crippen molar-refractivity contribution in [1.29, 1.82) is 0 Å². The molecular weight excluding hydrogens is 342 g/mol. The van der Waals surface area contributed by atoms with Crippen LogP contribution in [0.5, 0.6) is 0 Å². The number of benzene rings is 2. The molecule has 1 saturated heterocycles. The lowest BCUT2D eigenvalue weighted by Crippen LogP contribution is -2.69. The highest BCUT2D eigenvalue weighted by atomic mass is 16.5. The van der Waals surface area contributed by atoms with Gasteiger partial charge in [0.05, 0.1) is 12.9 Å². The number of carbonyl (C=O) groups excluding carboxylic acids is 2. The zero-order valence-electron chi connectivity index (χ0n) is 14.9. The minimum atomic E-state index is -0.599. The predicted octanol–water partition coefficient (Wildman–Crippen LogP) is 2.85. The third-order valence-corrected chi connectivity index (χ3v) is 4.96.